The highest BCUT2D eigenvalue weighted by atomic mass is 31.2. The lowest BCUT2D eigenvalue weighted by molar-refractivity contribution is -0.154. The van der Waals surface area contributed by atoms with Gasteiger partial charge in [-0.25, -0.2) is 4.57 Å². The van der Waals surface area contributed by atoms with Gasteiger partial charge in [-0.1, -0.05) is 189 Å². The number of hydrogen-bond donors (Lipinski definition) is 2. The number of phosphoric acid groups is 1. The topological polar surface area (TPSA) is 117 Å². The van der Waals surface area contributed by atoms with Crippen LogP contribution in [-0.2, 0) is 27.9 Å². The molecule has 0 aromatic heterocycles. The lowest BCUT2D eigenvalue weighted by atomic mass is 10.1. The quantitative estimate of drug-likeness (QED) is 0.0269. The summed E-state index contributed by atoms with van der Waals surface area (Å²) in [6, 6.07) is 0. The largest absolute Gasteiger partial charge is 0.472 e. The fourth-order valence-corrected chi connectivity index (χ4v) is 7.23. The van der Waals surface area contributed by atoms with E-state index in [1.54, 1.807) is 0 Å². The maximum Gasteiger partial charge on any atom is 0.472 e. The van der Waals surface area contributed by atoms with Crippen LogP contribution in [0.2, 0.25) is 0 Å². The molecule has 2 unspecified atom stereocenters. The molecule has 0 aromatic rings. The average Bonchev–Trinajstić information content (AvgIpc) is 3.25. The van der Waals surface area contributed by atoms with Crippen LogP contribution in [0.1, 0.15) is 200 Å². The molecular formula is C52H92NO7P. The summed E-state index contributed by atoms with van der Waals surface area (Å²) in [7, 11) is -4.29. The Labute approximate surface area is 375 Å². The SMILES string of the molecule is CC/C=C\C/C=C\C/C=C\C/C=C\C/C=C\CCCCCCCCCCCC(=O)OC(COCCCCCCCC/C=C\C/C=C\CCCCCC)COP(=O)(O)OCCN. The van der Waals surface area contributed by atoms with Crippen molar-refractivity contribution in [2.75, 3.05) is 33.0 Å². The Hall–Kier alpha value is -2.32. The number of nitrogens with two attached hydrogens (primary N) is 1. The van der Waals surface area contributed by atoms with Gasteiger partial charge < -0.3 is 20.1 Å². The molecule has 0 radical (unpaired) electrons. The van der Waals surface area contributed by atoms with Crippen LogP contribution < -0.4 is 5.73 Å². The summed E-state index contributed by atoms with van der Waals surface area (Å²) in [5.74, 6) is -0.343. The van der Waals surface area contributed by atoms with Crippen molar-refractivity contribution in [1.82, 2.24) is 0 Å². The van der Waals surface area contributed by atoms with Gasteiger partial charge in [-0.05, 0) is 89.9 Å². The highest BCUT2D eigenvalue weighted by Gasteiger charge is 2.25. The molecule has 8 nitrogen and oxygen atoms in total. The van der Waals surface area contributed by atoms with Crippen LogP contribution in [0.15, 0.2) is 85.1 Å². The molecular weight excluding hydrogens is 782 g/mol. The minimum absolute atomic E-state index is 0.0933. The predicted octanol–water partition coefficient (Wildman–Crippen LogP) is 15.3. The van der Waals surface area contributed by atoms with Gasteiger partial charge in [0.1, 0.15) is 6.10 Å². The third-order valence-electron chi connectivity index (χ3n) is 10.0. The zero-order chi connectivity index (χ0) is 44.4. The molecule has 0 rings (SSSR count). The van der Waals surface area contributed by atoms with Gasteiger partial charge >= 0.3 is 13.8 Å². The normalized spacial score (nSPS) is 14.1. The first kappa shape index (κ1) is 58.7. The molecule has 0 bridgehead atoms. The Kier molecular flexibility index (Phi) is 46.9. The summed E-state index contributed by atoms with van der Waals surface area (Å²) in [5, 5.41) is 0. The van der Waals surface area contributed by atoms with Crippen molar-refractivity contribution in [1.29, 1.82) is 0 Å². The maximum absolute atomic E-state index is 12.6. The van der Waals surface area contributed by atoms with Crippen molar-refractivity contribution in [2.45, 2.75) is 206 Å². The number of esters is 1. The van der Waals surface area contributed by atoms with Crippen LogP contribution in [-0.4, -0.2) is 49.9 Å². The third kappa shape index (κ3) is 48.6. The van der Waals surface area contributed by atoms with Gasteiger partial charge in [-0.2, -0.15) is 0 Å². The van der Waals surface area contributed by atoms with Crippen LogP contribution in [0.25, 0.3) is 0 Å². The molecule has 352 valence electrons. The van der Waals surface area contributed by atoms with E-state index in [4.69, 9.17) is 24.3 Å². The summed E-state index contributed by atoms with van der Waals surface area (Å²) in [5.41, 5.74) is 5.38. The molecule has 0 aliphatic rings. The standard InChI is InChI=1S/C52H92NO7P/c1-3-5-7-9-11-13-15-17-19-21-22-23-24-25-26-27-28-29-31-33-35-37-39-41-43-45-52(54)60-51(50-59-61(55,56)58-48-46-53)49-57-47-44-42-40-38-36-34-32-30-20-18-16-14-12-10-8-6-4-2/h5,7,11,13-14,16-17,19-20,22-23,25-26,30,51H,3-4,6,8-10,12,15,18,21,24,27-29,31-50,53H2,1-2H3,(H,55,56)/b7-5-,13-11-,16-14-,19-17-,23-22-,26-25-,30-20-. The van der Waals surface area contributed by atoms with E-state index in [9.17, 15) is 14.3 Å². The first-order valence-corrected chi connectivity index (χ1v) is 26.1. The number of allylic oxidation sites excluding steroid dienone is 14. The van der Waals surface area contributed by atoms with Gasteiger partial charge in [0.2, 0.25) is 0 Å². The zero-order valence-electron chi connectivity index (χ0n) is 39.1. The van der Waals surface area contributed by atoms with Crippen molar-refractivity contribution >= 4 is 13.8 Å². The third-order valence-corrected chi connectivity index (χ3v) is 11.0. The molecule has 0 aromatic carbocycles. The second kappa shape index (κ2) is 48.7. The van der Waals surface area contributed by atoms with E-state index in [-0.39, 0.29) is 32.3 Å². The first-order chi connectivity index (χ1) is 29.9. The number of carbonyl (C=O) groups excluding carboxylic acids is 1. The highest BCUT2D eigenvalue weighted by Crippen LogP contribution is 2.43. The number of hydrogen-bond acceptors (Lipinski definition) is 7. The molecule has 0 aliphatic carbocycles. The summed E-state index contributed by atoms with van der Waals surface area (Å²) >= 11 is 0. The van der Waals surface area contributed by atoms with E-state index in [0.717, 1.165) is 89.9 Å². The van der Waals surface area contributed by atoms with Crippen LogP contribution >= 0.6 is 7.82 Å². The Morgan fingerprint density at radius 3 is 1.38 bits per heavy atom. The zero-order valence-corrected chi connectivity index (χ0v) is 40.0. The van der Waals surface area contributed by atoms with Gasteiger partial charge in [0.05, 0.1) is 19.8 Å². The van der Waals surface area contributed by atoms with E-state index in [1.165, 1.54) is 89.9 Å². The van der Waals surface area contributed by atoms with E-state index in [0.29, 0.717) is 13.0 Å². The molecule has 0 fully saturated rings. The number of carbonyl (C=O) groups is 1. The molecule has 0 spiro atoms. The molecule has 0 heterocycles. The molecule has 61 heavy (non-hydrogen) atoms. The summed E-state index contributed by atoms with van der Waals surface area (Å²) in [4.78, 5) is 22.6. The second-order valence-corrected chi connectivity index (χ2v) is 17.4. The minimum Gasteiger partial charge on any atom is -0.457 e. The number of rotatable bonds is 46. The van der Waals surface area contributed by atoms with Crippen molar-refractivity contribution < 1.29 is 32.8 Å². The van der Waals surface area contributed by atoms with Gasteiger partial charge in [0.15, 0.2) is 0 Å². The summed E-state index contributed by atoms with van der Waals surface area (Å²) in [6.07, 6.45) is 63.2. The van der Waals surface area contributed by atoms with Crippen molar-refractivity contribution in [3.63, 3.8) is 0 Å². The summed E-state index contributed by atoms with van der Waals surface area (Å²) < 4.78 is 33.5. The molecule has 0 saturated heterocycles. The van der Waals surface area contributed by atoms with Crippen LogP contribution in [0.3, 0.4) is 0 Å². The predicted molar refractivity (Wildman–Crippen MR) is 261 cm³/mol. The molecule has 0 aliphatic heterocycles. The van der Waals surface area contributed by atoms with Gasteiger partial charge in [-0.15, -0.1) is 0 Å². The van der Waals surface area contributed by atoms with Gasteiger partial charge in [-0.3, -0.25) is 13.8 Å². The number of unbranched alkanes of at least 4 members (excludes halogenated alkanes) is 19. The lowest BCUT2D eigenvalue weighted by Crippen LogP contribution is -2.28. The van der Waals surface area contributed by atoms with Gasteiger partial charge in [0.25, 0.3) is 0 Å². The summed E-state index contributed by atoms with van der Waals surface area (Å²) in [6.45, 7) is 4.76. The van der Waals surface area contributed by atoms with E-state index < -0.39 is 13.9 Å². The number of ether oxygens (including phenoxy) is 2. The Bertz CT molecular complexity index is 1210. The monoisotopic (exact) mass is 874 g/mol. The van der Waals surface area contributed by atoms with Crippen LogP contribution in [0, 0.1) is 0 Å². The second-order valence-electron chi connectivity index (χ2n) is 15.9. The molecule has 3 N–H and O–H groups in total. The average molecular weight is 874 g/mol. The smallest absolute Gasteiger partial charge is 0.457 e. The molecule has 0 saturated carbocycles. The first-order valence-electron chi connectivity index (χ1n) is 24.6. The van der Waals surface area contributed by atoms with Crippen molar-refractivity contribution in [3.8, 4) is 0 Å². The fourth-order valence-electron chi connectivity index (χ4n) is 6.47. The van der Waals surface area contributed by atoms with E-state index >= 15 is 0 Å². The maximum atomic E-state index is 12.6. The number of phosphoric ester groups is 1. The van der Waals surface area contributed by atoms with Gasteiger partial charge in [0, 0.05) is 19.6 Å². The van der Waals surface area contributed by atoms with E-state index in [2.05, 4.69) is 98.9 Å². The van der Waals surface area contributed by atoms with Crippen molar-refractivity contribution in [2.24, 2.45) is 5.73 Å². The van der Waals surface area contributed by atoms with Crippen molar-refractivity contribution in [3.05, 3.63) is 85.1 Å². The highest BCUT2D eigenvalue weighted by molar-refractivity contribution is 7.47. The Morgan fingerprint density at radius 2 is 0.918 bits per heavy atom. The minimum atomic E-state index is -4.29. The lowest BCUT2D eigenvalue weighted by Gasteiger charge is -2.20. The molecule has 9 heteroatoms. The molecule has 2 atom stereocenters. The molecule has 0 amide bonds. The Balaban J connectivity index is 4.01. The Morgan fingerprint density at radius 1 is 0.508 bits per heavy atom. The van der Waals surface area contributed by atoms with E-state index in [1.807, 2.05) is 0 Å². The fraction of sp³-hybridized carbons (Fsp3) is 0.712. The van der Waals surface area contributed by atoms with Crippen LogP contribution in [0.5, 0.6) is 0 Å². The van der Waals surface area contributed by atoms with Crippen LogP contribution in [0.4, 0.5) is 0 Å².